The van der Waals surface area contributed by atoms with Crippen LogP contribution in [0.3, 0.4) is 0 Å². The molecule has 0 spiro atoms. The second kappa shape index (κ2) is 5.08. The Kier molecular flexibility index (Phi) is 3.26. The first-order valence-electron chi connectivity index (χ1n) is 5.92. The molecule has 1 aromatic heterocycles. The molecule has 1 aliphatic rings. The maximum absolute atomic E-state index is 14.0. The highest BCUT2D eigenvalue weighted by atomic mass is 32.2. The van der Waals surface area contributed by atoms with Crippen molar-refractivity contribution < 1.29 is 9.60 Å². The number of nitrogens with two attached hydrogens (primary N) is 1. The van der Waals surface area contributed by atoms with Crippen molar-refractivity contribution in [3.63, 3.8) is 0 Å². The van der Waals surface area contributed by atoms with E-state index in [1.54, 1.807) is 16.8 Å². The van der Waals surface area contributed by atoms with Crippen molar-refractivity contribution in [2.45, 2.75) is 28.9 Å². The van der Waals surface area contributed by atoms with Gasteiger partial charge < -0.3 is 10.9 Å². The Balaban J connectivity index is 1.85. The summed E-state index contributed by atoms with van der Waals surface area (Å²) in [6.45, 7) is 0. The van der Waals surface area contributed by atoms with Gasteiger partial charge in [0.25, 0.3) is 0 Å². The summed E-state index contributed by atoms with van der Waals surface area (Å²) in [6, 6.07) is 4.67. The Bertz CT molecular complexity index is 669. The molecule has 20 heavy (non-hydrogen) atoms. The molecule has 0 saturated heterocycles. The number of oxime groups is 1. The summed E-state index contributed by atoms with van der Waals surface area (Å²) in [6.07, 6.45) is 2.09. The van der Waals surface area contributed by atoms with E-state index in [1.165, 1.54) is 6.07 Å². The van der Waals surface area contributed by atoms with Crippen LogP contribution in [0.1, 0.15) is 24.4 Å². The average molecular weight is 294 g/mol. The Labute approximate surface area is 117 Å². The van der Waals surface area contributed by atoms with Gasteiger partial charge in [-0.1, -0.05) is 5.16 Å². The molecule has 1 saturated carbocycles. The van der Waals surface area contributed by atoms with Gasteiger partial charge in [0.05, 0.1) is 10.9 Å². The van der Waals surface area contributed by atoms with Gasteiger partial charge in [-0.25, -0.2) is 9.07 Å². The van der Waals surface area contributed by atoms with Crippen molar-refractivity contribution in [2.75, 3.05) is 0 Å². The van der Waals surface area contributed by atoms with Crippen molar-refractivity contribution in [3.8, 4) is 0 Å². The zero-order valence-electron chi connectivity index (χ0n) is 10.3. The van der Waals surface area contributed by atoms with Crippen LogP contribution >= 0.6 is 11.8 Å². The number of tetrazole rings is 1. The number of rotatable bonds is 4. The van der Waals surface area contributed by atoms with Gasteiger partial charge in [-0.15, -0.1) is 5.10 Å². The van der Waals surface area contributed by atoms with Crippen LogP contribution in [0.2, 0.25) is 0 Å². The summed E-state index contributed by atoms with van der Waals surface area (Å²) in [4.78, 5) is 0.385. The largest absolute Gasteiger partial charge is 0.409 e. The fourth-order valence-corrected chi connectivity index (χ4v) is 2.55. The molecule has 0 bridgehead atoms. The number of benzene rings is 1. The molecule has 9 heteroatoms. The third kappa shape index (κ3) is 2.44. The number of nitrogens with zero attached hydrogens (tertiary/aromatic N) is 5. The van der Waals surface area contributed by atoms with E-state index in [1.807, 2.05) is 0 Å². The predicted molar refractivity (Wildman–Crippen MR) is 69.1 cm³/mol. The standard InChI is InChI=1S/C11H11FN6OS/c12-8-5-6(10(13)15-19)1-4-9(8)20-11-14-16-17-18(11)7-2-3-7/h1,4-5,7,19H,2-3H2,(H2,13,15). The third-order valence-corrected chi connectivity index (χ3v) is 3.89. The van der Waals surface area contributed by atoms with Crippen molar-refractivity contribution in [1.29, 1.82) is 0 Å². The maximum Gasteiger partial charge on any atom is 0.214 e. The lowest BCUT2D eigenvalue weighted by molar-refractivity contribution is 0.318. The number of hydrogen-bond donors (Lipinski definition) is 2. The molecule has 1 heterocycles. The molecule has 1 fully saturated rings. The Hall–Kier alpha value is -2.16. The maximum atomic E-state index is 14.0. The van der Waals surface area contributed by atoms with Crippen LogP contribution in [0.15, 0.2) is 33.4 Å². The summed E-state index contributed by atoms with van der Waals surface area (Å²) >= 11 is 1.15. The topological polar surface area (TPSA) is 102 Å². The van der Waals surface area contributed by atoms with E-state index in [-0.39, 0.29) is 5.84 Å². The molecule has 1 aromatic carbocycles. The average Bonchev–Trinajstić information content (AvgIpc) is 3.20. The van der Waals surface area contributed by atoms with E-state index in [0.29, 0.717) is 21.7 Å². The number of halogens is 1. The van der Waals surface area contributed by atoms with Crippen LogP contribution in [-0.2, 0) is 0 Å². The Morgan fingerprint density at radius 3 is 2.95 bits per heavy atom. The van der Waals surface area contributed by atoms with E-state index in [9.17, 15) is 4.39 Å². The summed E-state index contributed by atoms with van der Waals surface area (Å²) in [5.41, 5.74) is 5.73. The normalized spacial score (nSPS) is 15.6. The molecule has 3 N–H and O–H groups in total. The van der Waals surface area contributed by atoms with Crippen LogP contribution in [0.25, 0.3) is 0 Å². The fraction of sp³-hybridized carbons (Fsp3) is 0.273. The zero-order valence-corrected chi connectivity index (χ0v) is 11.1. The molecule has 0 unspecified atom stereocenters. The van der Waals surface area contributed by atoms with Crippen molar-refractivity contribution in [2.24, 2.45) is 10.9 Å². The first kappa shape index (κ1) is 12.9. The van der Waals surface area contributed by atoms with E-state index < -0.39 is 5.82 Å². The van der Waals surface area contributed by atoms with Crippen LogP contribution in [0.4, 0.5) is 4.39 Å². The molecule has 0 amide bonds. The number of hydrogen-bond acceptors (Lipinski definition) is 6. The highest BCUT2D eigenvalue weighted by molar-refractivity contribution is 7.99. The molecular formula is C11H11FN6OS. The van der Waals surface area contributed by atoms with Gasteiger partial charge in [0.15, 0.2) is 5.84 Å². The molecule has 0 radical (unpaired) electrons. The molecular weight excluding hydrogens is 283 g/mol. The van der Waals surface area contributed by atoms with Crippen molar-refractivity contribution in [1.82, 2.24) is 20.2 Å². The Morgan fingerprint density at radius 2 is 2.30 bits per heavy atom. The van der Waals surface area contributed by atoms with Gasteiger partial charge in [0, 0.05) is 5.56 Å². The van der Waals surface area contributed by atoms with Gasteiger partial charge in [-0.2, -0.15) is 0 Å². The highest BCUT2D eigenvalue weighted by Gasteiger charge is 2.28. The van der Waals surface area contributed by atoms with Gasteiger partial charge in [-0.05, 0) is 53.2 Å². The van der Waals surface area contributed by atoms with E-state index in [4.69, 9.17) is 10.9 Å². The lowest BCUT2D eigenvalue weighted by Gasteiger charge is -2.05. The minimum atomic E-state index is -0.468. The third-order valence-electron chi connectivity index (χ3n) is 2.89. The van der Waals surface area contributed by atoms with Crippen LogP contribution in [-0.4, -0.2) is 31.3 Å². The smallest absolute Gasteiger partial charge is 0.214 e. The van der Waals surface area contributed by atoms with E-state index in [0.717, 1.165) is 24.6 Å². The zero-order chi connectivity index (χ0) is 14.1. The molecule has 2 aromatic rings. The summed E-state index contributed by atoms with van der Waals surface area (Å²) in [7, 11) is 0. The van der Waals surface area contributed by atoms with Gasteiger partial charge in [0.1, 0.15) is 5.82 Å². The number of aromatic nitrogens is 4. The summed E-state index contributed by atoms with van der Waals surface area (Å²) in [5.74, 6) is -0.604. The van der Waals surface area contributed by atoms with E-state index in [2.05, 4.69) is 20.7 Å². The Morgan fingerprint density at radius 1 is 1.50 bits per heavy atom. The second-order valence-electron chi connectivity index (χ2n) is 4.37. The summed E-state index contributed by atoms with van der Waals surface area (Å²) in [5, 5.41) is 23.4. The van der Waals surface area contributed by atoms with Crippen LogP contribution < -0.4 is 5.73 Å². The first-order valence-corrected chi connectivity index (χ1v) is 6.74. The first-order chi connectivity index (χ1) is 9.69. The molecule has 0 aliphatic heterocycles. The van der Waals surface area contributed by atoms with Crippen LogP contribution in [0.5, 0.6) is 0 Å². The van der Waals surface area contributed by atoms with Crippen molar-refractivity contribution >= 4 is 17.6 Å². The highest BCUT2D eigenvalue weighted by Crippen LogP contribution is 2.38. The second-order valence-corrected chi connectivity index (χ2v) is 5.38. The molecule has 1 aliphatic carbocycles. The van der Waals surface area contributed by atoms with Crippen molar-refractivity contribution in [3.05, 3.63) is 29.6 Å². The van der Waals surface area contributed by atoms with Crippen LogP contribution in [0, 0.1) is 5.82 Å². The van der Waals surface area contributed by atoms with Gasteiger partial charge in [0.2, 0.25) is 5.16 Å². The molecule has 104 valence electrons. The SMILES string of the molecule is N/C(=N\O)c1ccc(Sc2nnnn2C2CC2)c(F)c1. The molecule has 7 nitrogen and oxygen atoms in total. The molecule has 3 rings (SSSR count). The summed E-state index contributed by atoms with van der Waals surface area (Å²) < 4.78 is 15.7. The number of amidine groups is 1. The molecule has 0 atom stereocenters. The van der Waals surface area contributed by atoms with Gasteiger partial charge >= 0.3 is 0 Å². The van der Waals surface area contributed by atoms with E-state index >= 15 is 0 Å². The lowest BCUT2D eigenvalue weighted by Crippen LogP contribution is -2.13. The minimum absolute atomic E-state index is 0.136. The quantitative estimate of drug-likeness (QED) is 0.382. The van der Waals surface area contributed by atoms with Gasteiger partial charge in [-0.3, -0.25) is 0 Å². The monoisotopic (exact) mass is 294 g/mol. The predicted octanol–water partition coefficient (Wildman–Crippen LogP) is 1.39. The minimum Gasteiger partial charge on any atom is -0.409 e. The fourth-order valence-electron chi connectivity index (χ4n) is 1.70. The lowest BCUT2D eigenvalue weighted by atomic mass is 10.2.